The molecule has 106 valence electrons. The van der Waals surface area contributed by atoms with E-state index in [9.17, 15) is 4.39 Å². The van der Waals surface area contributed by atoms with Crippen molar-refractivity contribution in [2.24, 2.45) is 0 Å². The van der Waals surface area contributed by atoms with Crippen LogP contribution in [0.15, 0.2) is 48.5 Å². The number of halogens is 2. The van der Waals surface area contributed by atoms with Crippen molar-refractivity contribution in [2.75, 3.05) is 29.9 Å². The Balaban J connectivity index is 1.91. The van der Waals surface area contributed by atoms with Gasteiger partial charge in [0, 0.05) is 25.3 Å². The Morgan fingerprint density at radius 3 is 2.45 bits per heavy atom. The first-order valence-corrected chi connectivity index (χ1v) is 7.07. The SMILES string of the molecule is CCN(CCNc1ccccc1Cl)c1ccc(F)cc1. The Morgan fingerprint density at radius 1 is 1.10 bits per heavy atom. The van der Waals surface area contributed by atoms with E-state index in [0.717, 1.165) is 36.0 Å². The zero-order chi connectivity index (χ0) is 14.4. The number of likely N-dealkylation sites (N-methyl/N-ethyl adjacent to an activating group) is 1. The third-order valence-electron chi connectivity index (χ3n) is 3.14. The molecular formula is C16H18ClFN2. The molecule has 0 aliphatic carbocycles. The van der Waals surface area contributed by atoms with E-state index in [1.807, 2.05) is 24.3 Å². The van der Waals surface area contributed by atoms with Gasteiger partial charge in [-0.15, -0.1) is 0 Å². The second kappa shape index (κ2) is 7.15. The standard InChI is InChI=1S/C16H18ClFN2/c1-2-20(14-9-7-13(18)8-10-14)12-11-19-16-6-4-3-5-15(16)17/h3-10,19H,2,11-12H2,1H3. The first-order valence-electron chi connectivity index (χ1n) is 6.69. The van der Waals surface area contributed by atoms with Gasteiger partial charge >= 0.3 is 0 Å². The smallest absolute Gasteiger partial charge is 0.123 e. The van der Waals surface area contributed by atoms with E-state index >= 15 is 0 Å². The van der Waals surface area contributed by atoms with Crippen LogP contribution in [0.1, 0.15) is 6.92 Å². The first-order chi connectivity index (χ1) is 9.70. The van der Waals surface area contributed by atoms with Crippen molar-refractivity contribution >= 4 is 23.0 Å². The largest absolute Gasteiger partial charge is 0.382 e. The minimum atomic E-state index is -0.209. The van der Waals surface area contributed by atoms with Gasteiger partial charge < -0.3 is 10.2 Å². The summed E-state index contributed by atoms with van der Waals surface area (Å²) in [6.07, 6.45) is 0. The predicted octanol–water partition coefficient (Wildman–Crippen LogP) is 4.42. The molecule has 1 N–H and O–H groups in total. The van der Waals surface area contributed by atoms with Crippen molar-refractivity contribution in [3.05, 3.63) is 59.4 Å². The summed E-state index contributed by atoms with van der Waals surface area (Å²) in [6, 6.07) is 14.2. The number of benzene rings is 2. The quantitative estimate of drug-likeness (QED) is 0.848. The van der Waals surface area contributed by atoms with Crippen LogP contribution >= 0.6 is 11.6 Å². The Labute approximate surface area is 124 Å². The van der Waals surface area contributed by atoms with E-state index in [-0.39, 0.29) is 5.82 Å². The van der Waals surface area contributed by atoms with Crippen LogP contribution in [0.2, 0.25) is 5.02 Å². The molecule has 0 saturated heterocycles. The van der Waals surface area contributed by atoms with Crippen LogP contribution in [0.5, 0.6) is 0 Å². The molecule has 0 aromatic heterocycles. The normalized spacial score (nSPS) is 10.3. The molecule has 2 aromatic rings. The second-order valence-corrected chi connectivity index (χ2v) is 4.87. The van der Waals surface area contributed by atoms with Crippen LogP contribution in [-0.2, 0) is 0 Å². The number of para-hydroxylation sites is 1. The fourth-order valence-electron chi connectivity index (χ4n) is 2.05. The monoisotopic (exact) mass is 292 g/mol. The van der Waals surface area contributed by atoms with Crippen LogP contribution in [0, 0.1) is 5.82 Å². The zero-order valence-electron chi connectivity index (χ0n) is 11.4. The molecule has 0 aliphatic heterocycles. The summed E-state index contributed by atoms with van der Waals surface area (Å²) in [4.78, 5) is 2.18. The van der Waals surface area contributed by atoms with Gasteiger partial charge in [0.1, 0.15) is 5.82 Å². The fourth-order valence-corrected chi connectivity index (χ4v) is 2.25. The molecule has 0 radical (unpaired) electrons. The lowest BCUT2D eigenvalue weighted by Gasteiger charge is -2.23. The van der Waals surface area contributed by atoms with Crippen molar-refractivity contribution in [3.63, 3.8) is 0 Å². The highest BCUT2D eigenvalue weighted by Gasteiger charge is 2.04. The average Bonchev–Trinajstić information content (AvgIpc) is 2.47. The predicted molar refractivity (Wildman–Crippen MR) is 84.2 cm³/mol. The summed E-state index contributed by atoms with van der Waals surface area (Å²) in [5.41, 5.74) is 1.96. The first kappa shape index (κ1) is 14.7. The second-order valence-electron chi connectivity index (χ2n) is 4.46. The number of rotatable bonds is 6. The molecule has 20 heavy (non-hydrogen) atoms. The van der Waals surface area contributed by atoms with Crippen molar-refractivity contribution in [3.8, 4) is 0 Å². The number of hydrogen-bond donors (Lipinski definition) is 1. The van der Waals surface area contributed by atoms with Gasteiger partial charge in [0.15, 0.2) is 0 Å². The molecule has 2 aromatic carbocycles. The summed E-state index contributed by atoms with van der Waals surface area (Å²) >= 11 is 6.09. The van der Waals surface area contributed by atoms with Crippen molar-refractivity contribution in [2.45, 2.75) is 6.92 Å². The lowest BCUT2D eigenvalue weighted by Crippen LogP contribution is -2.28. The Bertz CT molecular complexity index is 542. The van der Waals surface area contributed by atoms with Crippen LogP contribution in [-0.4, -0.2) is 19.6 Å². The molecule has 0 fully saturated rings. The maximum atomic E-state index is 12.9. The Morgan fingerprint density at radius 2 is 1.80 bits per heavy atom. The molecule has 0 aliphatic rings. The van der Waals surface area contributed by atoms with Crippen LogP contribution < -0.4 is 10.2 Å². The van der Waals surface area contributed by atoms with Crippen molar-refractivity contribution < 1.29 is 4.39 Å². The number of anilines is 2. The van der Waals surface area contributed by atoms with Gasteiger partial charge in [-0.05, 0) is 43.3 Å². The van der Waals surface area contributed by atoms with E-state index in [0.29, 0.717) is 0 Å². The third kappa shape index (κ3) is 3.87. The molecule has 2 rings (SSSR count). The summed E-state index contributed by atoms with van der Waals surface area (Å²) in [5, 5.41) is 4.03. The molecule has 4 heteroatoms. The van der Waals surface area contributed by atoms with Gasteiger partial charge in [-0.2, -0.15) is 0 Å². The molecule has 0 amide bonds. The summed E-state index contributed by atoms with van der Waals surface area (Å²) in [7, 11) is 0. The molecular weight excluding hydrogens is 275 g/mol. The van der Waals surface area contributed by atoms with Gasteiger partial charge in [-0.1, -0.05) is 23.7 Å². The highest BCUT2D eigenvalue weighted by atomic mass is 35.5. The van der Waals surface area contributed by atoms with Crippen LogP contribution in [0.4, 0.5) is 15.8 Å². The average molecular weight is 293 g/mol. The van der Waals surface area contributed by atoms with Crippen molar-refractivity contribution in [1.29, 1.82) is 0 Å². The Hall–Kier alpha value is -1.74. The zero-order valence-corrected chi connectivity index (χ0v) is 12.2. The van der Waals surface area contributed by atoms with Gasteiger partial charge in [-0.25, -0.2) is 4.39 Å². The van der Waals surface area contributed by atoms with E-state index in [1.54, 1.807) is 12.1 Å². The van der Waals surface area contributed by atoms with Gasteiger partial charge in [0.25, 0.3) is 0 Å². The lowest BCUT2D eigenvalue weighted by atomic mass is 10.2. The van der Waals surface area contributed by atoms with Crippen molar-refractivity contribution in [1.82, 2.24) is 0 Å². The maximum absolute atomic E-state index is 12.9. The molecule has 0 bridgehead atoms. The van der Waals surface area contributed by atoms with Crippen LogP contribution in [0.25, 0.3) is 0 Å². The third-order valence-corrected chi connectivity index (χ3v) is 3.47. The summed E-state index contributed by atoms with van der Waals surface area (Å²) in [6.45, 7) is 4.55. The molecule has 0 spiro atoms. The van der Waals surface area contributed by atoms with Gasteiger partial charge in [-0.3, -0.25) is 0 Å². The number of nitrogens with one attached hydrogen (secondary N) is 1. The van der Waals surface area contributed by atoms with Crippen LogP contribution in [0.3, 0.4) is 0 Å². The summed E-state index contributed by atoms with van der Waals surface area (Å²) in [5.74, 6) is -0.209. The van der Waals surface area contributed by atoms with E-state index in [4.69, 9.17) is 11.6 Å². The number of nitrogens with zero attached hydrogens (tertiary/aromatic N) is 1. The molecule has 0 atom stereocenters. The highest BCUT2D eigenvalue weighted by Crippen LogP contribution is 2.20. The maximum Gasteiger partial charge on any atom is 0.123 e. The van der Waals surface area contributed by atoms with E-state index in [2.05, 4.69) is 17.1 Å². The molecule has 0 unspecified atom stereocenters. The molecule has 0 saturated carbocycles. The van der Waals surface area contributed by atoms with Gasteiger partial charge in [0.2, 0.25) is 0 Å². The molecule has 2 nitrogen and oxygen atoms in total. The summed E-state index contributed by atoms with van der Waals surface area (Å²) < 4.78 is 12.9. The van der Waals surface area contributed by atoms with Gasteiger partial charge in [0.05, 0.1) is 10.7 Å². The topological polar surface area (TPSA) is 15.3 Å². The number of hydrogen-bond acceptors (Lipinski definition) is 2. The Kier molecular flexibility index (Phi) is 5.24. The van der Waals surface area contributed by atoms with E-state index in [1.165, 1.54) is 12.1 Å². The lowest BCUT2D eigenvalue weighted by molar-refractivity contribution is 0.627. The van der Waals surface area contributed by atoms with E-state index < -0.39 is 0 Å². The molecule has 0 heterocycles. The fraction of sp³-hybridized carbons (Fsp3) is 0.250. The minimum Gasteiger partial charge on any atom is -0.382 e. The highest BCUT2D eigenvalue weighted by molar-refractivity contribution is 6.33. The minimum absolute atomic E-state index is 0.209.